The molecule has 13 nitrogen and oxygen atoms in total. The molecule has 260 valence electrons. The first kappa shape index (κ1) is 35.2. The van der Waals surface area contributed by atoms with Gasteiger partial charge < -0.3 is 34.8 Å². The Balaban J connectivity index is 1.24. The zero-order chi connectivity index (χ0) is 34.3. The number of pyridine rings is 1. The minimum atomic E-state index is -2.94. The van der Waals surface area contributed by atoms with Crippen molar-refractivity contribution in [2.45, 2.75) is 81.1 Å². The number of nitrogens with zero attached hydrogens (tertiary/aromatic N) is 2. The van der Waals surface area contributed by atoms with Crippen molar-refractivity contribution >= 4 is 29.7 Å². The maximum atomic E-state index is 16.1. The Bertz CT molecular complexity index is 1500. The van der Waals surface area contributed by atoms with Crippen molar-refractivity contribution in [1.29, 1.82) is 0 Å². The molecule has 0 spiro atoms. The summed E-state index contributed by atoms with van der Waals surface area (Å²) in [4.78, 5) is 54.6. The van der Waals surface area contributed by atoms with Gasteiger partial charge in [0.05, 0.1) is 32.5 Å². The number of nitrogens with one attached hydrogen (secondary N) is 1. The third kappa shape index (κ3) is 9.48. The van der Waals surface area contributed by atoms with Crippen molar-refractivity contribution in [3.8, 4) is 5.75 Å². The molecule has 14 heteroatoms. The molecular formula is C34H42FN3O10. The third-order valence-electron chi connectivity index (χ3n) is 9.08. The lowest BCUT2D eigenvalue weighted by atomic mass is 9.94. The predicted molar refractivity (Wildman–Crippen MR) is 168 cm³/mol. The molecular weight excluding hydrogens is 629 g/mol. The van der Waals surface area contributed by atoms with E-state index in [0.717, 1.165) is 37.3 Å². The van der Waals surface area contributed by atoms with Crippen LogP contribution in [-0.2, 0) is 41.5 Å². The minimum absolute atomic E-state index is 0.119. The van der Waals surface area contributed by atoms with E-state index in [1.54, 1.807) is 24.3 Å². The highest BCUT2D eigenvalue weighted by Crippen LogP contribution is 2.34. The number of likely N-dealkylation sites (tertiary alicyclic amines) is 1. The van der Waals surface area contributed by atoms with Crippen LogP contribution in [-0.4, -0.2) is 106 Å². The lowest BCUT2D eigenvalue weighted by molar-refractivity contribution is -0.174. The zero-order valence-electron chi connectivity index (χ0n) is 26.7. The van der Waals surface area contributed by atoms with Crippen LogP contribution in [0.1, 0.15) is 67.7 Å². The zero-order valence-corrected chi connectivity index (χ0v) is 26.7. The number of aliphatic hydroxyl groups is 1. The number of carboxylic acids is 2. The number of aryl methyl sites for hydroxylation is 2. The highest BCUT2D eigenvalue weighted by atomic mass is 19.1. The van der Waals surface area contributed by atoms with Crippen molar-refractivity contribution in [1.82, 2.24) is 9.88 Å². The van der Waals surface area contributed by atoms with E-state index >= 15 is 4.39 Å². The number of carbonyl (C=O) groups excluding carboxylic acids is 2. The van der Waals surface area contributed by atoms with Gasteiger partial charge in [0.2, 0.25) is 0 Å². The van der Waals surface area contributed by atoms with Gasteiger partial charge in [0.1, 0.15) is 23.3 Å². The average molecular weight is 672 g/mol. The standard InChI is InChI=1S/C34H42FN3O10/c35-33(10-8-25-7-6-22-4-2-12-36-31(22)37-25)11-13-38(21-33)19-24(23-3-1-5-26(15-23)47-27-9-14-46-20-27)16-29(41)48-30(42)18-34(45,32(43)44)17-28(39)40/h1,3,5-7,15,24,27,45H,2,4,8-14,16-21H2,(H,36,37)(H,39,40)(H,43,44)/t24-,27+,33+,34?/m1/s1. The van der Waals surface area contributed by atoms with Gasteiger partial charge in [0, 0.05) is 44.2 Å². The number of aromatic nitrogens is 1. The van der Waals surface area contributed by atoms with E-state index in [4.69, 9.17) is 24.3 Å². The number of aliphatic carboxylic acids is 2. The summed E-state index contributed by atoms with van der Waals surface area (Å²) < 4.78 is 32.4. The second kappa shape index (κ2) is 15.4. The number of rotatable bonds is 15. The van der Waals surface area contributed by atoms with Crippen LogP contribution in [0.5, 0.6) is 5.75 Å². The van der Waals surface area contributed by atoms with E-state index in [2.05, 4.69) is 11.4 Å². The maximum absolute atomic E-state index is 16.1. The second-order valence-corrected chi connectivity index (χ2v) is 13.0. The Morgan fingerprint density at radius 1 is 1.17 bits per heavy atom. The van der Waals surface area contributed by atoms with Crippen LogP contribution in [0.25, 0.3) is 0 Å². The number of anilines is 1. The first-order valence-electron chi connectivity index (χ1n) is 16.3. The van der Waals surface area contributed by atoms with Crippen molar-refractivity contribution < 1.29 is 53.1 Å². The molecule has 4 atom stereocenters. The number of esters is 2. The van der Waals surface area contributed by atoms with Crippen LogP contribution in [0.15, 0.2) is 36.4 Å². The fourth-order valence-electron chi connectivity index (χ4n) is 6.49. The van der Waals surface area contributed by atoms with Gasteiger partial charge in [-0.25, -0.2) is 14.2 Å². The number of hydrogen-bond acceptors (Lipinski definition) is 11. The van der Waals surface area contributed by atoms with Crippen LogP contribution in [0.2, 0.25) is 0 Å². The largest absolute Gasteiger partial charge is 0.488 e. The van der Waals surface area contributed by atoms with Crippen LogP contribution in [0.3, 0.4) is 0 Å². The molecule has 0 saturated carbocycles. The van der Waals surface area contributed by atoms with Crippen molar-refractivity contribution in [3.63, 3.8) is 0 Å². The lowest BCUT2D eigenvalue weighted by Gasteiger charge is -2.26. The summed E-state index contributed by atoms with van der Waals surface area (Å²) in [5, 5.41) is 31.7. The Kier molecular flexibility index (Phi) is 11.3. The predicted octanol–water partition coefficient (Wildman–Crippen LogP) is 2.88. The van der Waals surface area contributed by atoms with E-state index in [1.807, 2.05) is 11.0 Å². The Hall–Kier alpha value is -4.14. The van der Waals surface area contributed by atoms with E-state index < -0.39 is 53.9 Å². The van der Waals surface area contributed by atoms with Crippen LogP contribution < -0.4 is 10.1 Å². The Morgan fingerprint density at radius 2 is 2.00 bits per heavy atom. The van der Waals surface area contributed by atoms with Gasteiger partial charge in [-0.15, -0.1) is 0 Å². The Morgan fingerprint density at radius 3 is 2.75 bits per heavy atom. The first-order valence-corrected chi connectivity index (χ1v) is 16.3. The SMILES string of the molecule is O=C(O)CC(O)(CC(=O)OC(=O)C[C@H](CN1CC[C@@](F)(CCc2ccc3c(n2)NCCC3)C1)c1cccc(O[C@H]2CCOC2)c1)C(=O)O. The molecule has 1 aromatic carbocycles. The molecule has 2 fully saturated rings. The summed E-state index contributed by atoms with van der Waals surface area (Å²) in [5.41, 5.74) is -1.73. The van der Waals surface area contributed by atoms with Crippen LogP contribution in [0, 0.1) is 0 Å². The lowest BCUT2D eigenvalue weighted by Crippen LogP contribution is -2.43. The molecule has 3 aliphatic heterocycles. The summed E-state index contributed by atoms with van der Waals surface area (Å²) >= 11 is 0. The molecule has 2 aromatic rings. The monoisotopic (exact) mass is 671 g/mol. The number of fused-ring (bicyclic) bond motifs is 1. The minimum Gasteiger partial charge on any atom is -0.488 e. The second-order valence-electron chi connectivity index (χ2n) is 13.0. The fourth-order valence-corrected chi connectivity index (χ4v) is 6.49. The van der Waals surface area contributed by atoms with E-state index in [9.17, 15) is 29.4 Å². The number of benzene rings is 1. The molecule has 2 saturated heterocycles. The summed E-state index contributed by atoms with van der Waals surface area (Å²) in [7, 11) is 0. The smallest absolute Gasteiger partial charge is 0.336 e. The number of ether oxygens (including phenoxy) is 3. The van der Waals surface area contributed by atoms with Crippen molar-refractivity contribution in [3.05, 3.63) is 53.2 Å². The molecule has 4 N–H and O–H groups in total. The van der Waals surface area contributed by atoms with Crippen molar-refractivity contribution in [2.75, 3.05) is 44.7 Å². The van der Waals surface area contributed by atoms with Gasteiger partial charge in [0.25, 0.3) is 0 Å². The van der Waals surface area contributed by atoms with Gasteiger partial charge in [-0.3, -0.25) is 19.3 Å². The number of carbonyl (C=O) groups is 4. The summed E-state index contributed by atoms with van der Waals surface area (Å²) in [6, 6.07) is 11.1. The number of carboxylic acid groups (broad SMARTS) is 2. The molecule has 5 rings (SSSR count). The fraction of sp³-hybridized carbons (Fsp3) is 0.559. The van der Waals surface area contributed by atoms with Gasteiger partial charge in [-0.05, 0) is 61.4 Å². The quantitative estimate of drug-likeness (QED) is 0.160. The number of halogens is 1. The van der Waals surface area contributed by atoms with E-state index in [1.165, 1.54) is 5.56 Å². The van der Waals surface area contributed by atoms with Crippen LogP contribution >= 0.6 is 0 Å². The molecule has 0 amide bonds. The normalized spacial score (nSPS) is 22.6. The number of hydrogen-bond donors (Lipinski definition) is 4. The van der Waals surface area contributed by atoms with Gasteiger partial charge >= 0.3 is 23.9 Å². The highest BCUT2D eigenvalue weighted by molar-refractivity contribution is 5.92. The van der Waals surface area contributed by atoms with Gasteiger partial charge in [-0.2, -0.15) is 0 Å². The first-order chi connectivity index (χ1) is 22.9. The summed E-state index contributed by atoms with van der Waals surface area (Å²) in [6.45, 7) is 2.75. The average Bonchev–Trinajstić information content (AvgIpc) is 3.68. The topological polar surface area (TPSA) is 185 Å². The Labute approximate surface area is 277 Å². The van der Waals surface area contributed by atoms with Gasteiger partial charge in [0.15, 0.2) is 5.60 Å². The highest BCUT2D eigenvalue weighted by Gasteiger charge is 2.42. The molecule has 0 aliphatic carbocycles. The summed E-state index contributed by atoms with van der Waals surface area (Å²) in [6.07, 6.45) is 0.887. The van der Waals surface area contributed by atoms with E-state index in [-0.39, 0.29) is 32.0 Å². The van der Waals surface area contributed by atoms with Crippen molar-refractivity contribution in [2.24, 2.45) is 0 Å². The van der Waals surface area contributed by atoms with Crippen LogP contribution in [0.4, 0.5) is 10.2 Å². The molecule has 0 radical (unpaired) electrons. The molecule has 1 unspecified atom stereocenters. The molecule has 48 heavy (non-hydrogen) atoms. The molecule has 0 bridgehead atoms. The maximum Gasteiger partial charge on any atom is 0.336 e. The summed E-state index contributed by atoms with van der Waals surface area (Å²) in [5.74, 6) is -5.09. The number of alkyl halides is 1. The molecule has 4 heterocycles. The molecule has 1 aromatic heterocycles. The van der Waals surface area contributed by atoms with Gasteiger partial charge in [-0.1, -0.05) is 18.2 Å². The molecule has 3 aliphatic rings. The third-order valence-corrected chi connectivity index (χ3v) is 9.08. The van der Waals surface area contributed by atoms with E-state index in [0.29, 0.717) is 43.9 Å².